The molecule has 2 N–H and O–H groups in total. The summed E-state index contributed by atoms with van der Waals surface area (Å²) in [5, 5.41) is 7.13. The van der Waals surface area contributed by atoms with Gasteiger partial charge in [0, 0.05) is 44.6 Å². The zero-order valence-corrected chi connectivity index (χ0v) is 15.6. The third-order valence-corrected chi connectivity index (χ3v) is 4.11. The summed E-state index contributed by atoms with van der Waals surface area (Å²) in [6.45, 7) is 4.34. The van der Waals surface area contributed by atoms with Crippen molar-refractivity contribution in [1.82, 2.24) is 25.0 Å². The highest BCUT2D eigenvalue weighted by atomic mass is 35.5. The van der Waals surface area contributed by atoms with Crippen LogP contribution in [0.15, 0.2) is 53.9 Å². The Hall–Kier alpha value is -2.60. The van der Waals surface area contributed by atoms with Gasteiger partial charge in [-0.1, -0.05) is 23.7 Å². The molecule has 0 unspecified atom stereocenters. The number of pyridine rings is 2. The molecule has 3 aromatic heterocycles. The Morgan fingerprint density at radius 1 is 1.19 bits per heavy atom. The second-order valence-electron chi connectivity index (χ2n) is 5.87. The Bertz CT molecular complexity index is 823. The van der Waals surface area contributed by atoms with Crippen molar-refractivity contribution in [3.05, 3.63) is 65.3 Å². The molecule has 3 heterocycles. The molecule has 0 aliphatic rings. The Kier molecular flexibility index (Phi) is 6.44. The lowest BCUT2D eigenvalue weighted by Crippen LogP contribution is -2.38. The highest BCUT2D eigenvalue weighted by Crippen LogP contribution is 2.06. The standard InChI is InChI=1S/C19H23ClN6/c1-2-21-19(22-10-8-15-6-7-17(20)24-13-15)23-11-9-16-14-26-12-4-3-5-18(26)25-16/h3-7,12-14H,2,8-11H2,1H3,(H2,21,22,23). The number of halogens is 1. The van der Waals surface area contributed by atoms with E-state index in [0.29, 0.717) is 11.7 Å². The van der Waals surface area contributed by atoms with Crippen LogP contribution in [-0.4, -0.2) is 40.0 Å². The number of hydrogen-bond acceptors (Lipinski definition) is 3. The number of guanidine groups is 1. The van der Waals surface area contributed by atoms with E-state index >= 15 is 0 Å². The molecule has 0 aromatic carbocycles. The number of aromatic nitrogens is 3. The van der Waals surface area contributed by atoms with Crippen LogP contribution in [-0.2, 0) is 12.8 Å². The smallest absolute Gasteiger partial charge is 0.191 e. The molecule has 0 radical (unpaired) electrons. The first-order chi connectivity index (χ1) is 12.7. The van der Waals surface area contributed by atoms with Gasteiger partial charge in [-0.05, 0) is 37.1 Å². The third-order valence-electron chi connectivity index (χ3n) is 3.89. The molecule has 0 atom stereocenters. The first kappa shape index (κ1) is 18.2. The molecule has 26 heavy (non-hydrogen) atoms. The number of nitrogens with zero attached hydrogens (tertiary/aromatic N) is 4. The normalized spacial score (nSPS) is 11.7. The van der Waals surface area contributed by atoms with E-state index in [0.717, 1.165) is 48.8 Å². The van der Waals surface area contributed by atoms with E-state index in [1.807, 2.05) is 40.9 Å². The molecule has 0 saturated heterocycles. The molecule has 0 aliphatic carbocycles. The molecular formula is C19H23ClN6. The van der Waals surface area contributed by atoms with Crippen LogP contribution < -0.4 is 10.6 Å². The molecule has 0 bridgehead atoms. The van der Waals surface area contributed by atoms with Crippen LogP contribution in [0.4, 0.5) is 0 Å². The number of nitrogens with one attached hydrogen (secondary N) is 2. The van der Waals surface area contributed by atoms with Gasteiger partial charge in [-0.15, -0.1) is 0 Å². The van der Waals surface area contributed by atoms with Crippen molar-refractivity contribution < 1.29 is 0 Å². The van der Waals surface area contributed by atoms with Gasteiger partial charge < -0.3 is 15.0 Å². The van der Waals surface area contributed by atoms with Gasteiger partial charge in [-0.2, -0.15) is 0 Å². The average molecular weight is 371 g/mol. The lowest BCUT2D eigenvalue weighted by atomic mass is 10.2. The maximum atomic E-state index is 5.81. The first-order valence-corrected chi connectivity index (χ1v) is 9.17. The maximum absolute atomic E-state index is 5.81. The van der Waals surface area contributed by atoms with Crippen molar-refractivity contribution in [2.75, 3.05) is 19.6 Å². The van der Waals surface area contributed by atoms with Gasteiger partial charge in [0.25, 0.3) is 0 Å². The first-order valence-electron chi connectivity index (χ1n) is 8.80. The second kappa shape index (κ2) is 9.20. The number of fused-ring (bicyclic) bond motifs is 1. The Morgan fingerprint density at radius 2 is 2.12 bits per heavy atom. The van der Waals surface area contributed by atoms with E-state index in [2.05, 4.69) is 38.7 Å². The van der Waals surface area contributed by atoms with E-state index in [1.54, 1.807) is 6.20 Å². The maximum Gasteiger partial charge on any atom is 0.191 e. The number of imidazole rings is 1. The molecule has 3 rings (SSSR count). The number of hydrogen-bond donors (Lipinski definition) is 2. The minimum absolute atomic E-state index is 0.517. The van der Waals surface area contributed by atoms with Crippen molar-refractivity contribution in [2.45, 2.75) is 19.8 Å². The van der Waals surface area contributed by atoms with Gasteiger partial charge in [0.05, 0.1) is 5.69 Å². The fraction of sp³-hybridized carbons (Fsp3) is 0.316. The zero-order chi connectivity index (χ0) is 18.2. The topological polar surface area (TPSA) is 66.6 Å². The molecule has 0 saturated carbocycles. The van der Waals surface area contributed by atoms with Crippen LogP contribution in [0, 0.1) is 0 Å². The minimum atomic E-state index is 0.517. The monoisotopic (exact) mass is 370 g/mol. The molecule has 0 amide bonds. The predicted molar refractivity (Wildman–Crippen MR) is 106 cm³/mol. The van der Waals surface area contributed by atoms with E-state index in [1.165, 1.54) is 0 Å². The van der Waals surface area contributed by atoms with Gasteiger partial charge >= 0.3 is 0 Å². The minimum Gasteiger partial charge on any atom is -0.357 e. The lowest BCUT2D eigenvalue weighted by Gasteiger charge is -2.11. The highest BCUT2D eigenvalue weighted by Gasteiger charge is 2.02. The summed E-state index contributed by atoms with van der Waals surface area (Å²) < 4.78 is 2.03. The summed E-state index contributed by atoms with van der Waals surface area (Å²) in [7, 11) is 0. The van der Waals surface area contributed by atoms with Gasteiger partial charge in [0.2, 0.25) is 0 Å². The summed E-state index contributed by atoms with van der Waals surface area (Å²) in [6.07, 6.45) is 7.53. The molecule has 0 spiro atoms. The van der Waals surface area contributed by atoms with Crippen molar-refractivity contribution >= 4 is 23.2 Å². The number of aliphatic imine (C=N–C) groups is 1. The van der Waals surface area contributed by atoms with Crippen LogP contribution in [0.25, 0.3) is 5.65 Å². The van der Waals surface area contributed by atoms with Crippen molar-refractivity contribution in [3.8, 4) is 0 Å². The summed E-state index contributed by atoms with van der Waals surface area (Å²) in [6, 6.07) is 9.80. The second-order valence-corrected chi connectivity index (χ2v) is 6.26. The third kappa shape index (κ3) is 5.20. The van der Waals surface area contributed by atoms with E-state index < -0.39 is 0 Å². The molecule has 136 valence electrons. The molecule has 6 nitrogen and oxygen atoms in total. The highest BCUT2D eigenvalue weighted by molar-refractivity contribution is 6.29. The Morgan fingerprint density at radius 3 is 2.88 bits per heavy atom. The number of rotatable bonds is 7. The van der Waals surface area contributed by atoms with Gasteiger partial charge in [-0.3, -0.25) is 4.99 Å². The summed E-state index contributed by atoms with van der Waals surface area (Å²) in [5.41, 5.74) is 3.15. The van der Waals surface area contributed by atoms with Gasteiger partial charge in [-0.25, -0.2) is 9.97 Å². The lowest BCUT2D eigenvalue weighted by molar-refractivity contribution is 0.793. The van der Waals surface area contributed by atoms with E-state index in [9.17, 15) is 0 Å². The average Bonchev–Trinajstić information content (AvgIpc) is 3.06. The quantitative estimate of drug-likeness (QED) is 0.381. The molecule has 3 aromatic rings. The van der Waals surface area contributed by atoms with Crippen molar-refractivity contribution in [1.29, 1.82) is 0 Å². The van der Waals surface area contributed by atoms with Crippen molar-refractivity contribution in [3.63, 3.8) is 0 Å². The molecule has 7 heteroatoms. The van der Waals surface area contributed by atoms with Crippen LogP contribution in [0.5, 0.6) is 0 Å². The van der Waals surface area contributed by atoms with E-state index in [4.69, 9.17) is 11.6 Å². The zero-order valence-electron chi connectivity index (χ0n) is 14.8. The predicted octanol–water partition coefficient (Wildman–Crippen LogP) is 2.72. The molecule has 0 aliphatic heterocycles. The van der Waals surface area contributed by atoms with Crippen LogP contribution in [0.3, 0.4) is 0 Å². The van der Waals surface area contributed by atoms with Crippen LogP contribution in [0.1, 0.15) is 18.2 Å². The Labute approximate surface area is 158 Å². The largest absolute Gasteiger partial charge is 0.357 e. The van der Waals surface area contributed by atoms with Crippen molar-refractivity contribution in [2.24, 2.45) is 4.99 Å². The van der Waals surface area contributed by atoms with Gasteiger partial charge in [0.15, 0.2) is 5.96 Å². The molecular weight excluding hydrogens is 348 g/mol. The summed E-state index contributed by atoms with van der Waals surface area (Å²) >= 11 is 5.81. The Balaban J connectivity index is 1.50. The fourth-order valence-corrected chi connectivity index (χ4v) is 2.72. The SMILES string of the molecule is CCNC(=NCCc1cn2ccccc2n1)NCCc1ccc(Cl)nc1. The van der Waals surface area contributed by atoms with Crippen LogP contribution in [0.2, 0.25) is 5.15 Å². The summed E-state index contributed by atoms with van der Waals surface area (Å²) in [5.74, 6) is 0.818. The fourth-order valence-electron chi connectivity index (χ4n) is 2.61. The molecule has 0 fully saturated rings. The summed E-state index contributed by atoms with van der Waals surface area (Å²) in [4.78, 5) is 13.3. The van der Waals surface area contributed by atoms with Gasteiger partial charge in [0.1, 0.15) is 10.8 Å². The van der Waals surface area contributed by atoms with Crippen LogP contribution >= 0.6 is 11.6 Å². The van der Waals surface area contributed by atoms with E-state index in [-0.39, 0.29) is 0 Å².